The number of nitrogens with one attached hydrogen (secondary N) is 1. The molecule has 2 bridgehead atoms. The second-order valence-electron chi connectivity index (χ2n) is 10.4. The fraction of sp³-hybridized carbons (Fsp3) is 0.538. The maximum atomic E-state index is 13.6. The predicted octanol–water partition coefficient (Wildman–Crippen LogP) is 4.64. The van der Waals surface area contributed by atoms with Crippen LogP contribution in [0.1, 0.15) is 48.5 Å². The number of aliphatic carboxylic acids is 1. The Morgan fingerprint density at radius 1 is 1.19 bits per heavy atom. The van der Waals surface area contributed by atoms with Crippen LogP contribution < -0.4 is 4.74 Å². The summed E-state index contributed by atoms with van der Waals surface area (Å²) in [5.74, 6) is -0.705. The summed E-state index contributed by atoms with van der Waals surface area (Å²) >= 11 is 8.81. The minimum absolute atomic E-state index is 0.0278. The molecule has 1 saturated heterocycles. The van der Waals surface area contributed by atoms with Gasteiger partial charge in [-0.2, -0.15) is 0 Å². The lowest BCUT2D eigenvalue weighted by molar-refractivity contribution is -0.141. The maximum Gasteiger partial charge on any atom is 0.303 e. The first kappa shape index (κ1) is 24.9. The van der Waals surface area contributed by atoms with Crippen LogP contribution in [0.4, 0.5) is 0 Å². The number of fused-ring (bicyclic) bond motifs is 9. The van der Waals surface area contributed by atoms with E-state index in [1.807, 2.05) is 6.07 Å². The number of aromatic hydroxyl groups is 1. The van der Waals surface area contributed by atoms with Gasteiger partial charge in [0.05, 0.1) is 24.0 Å². The van der Waals surface area contributed by atoms with Gasteiger partial charge in [0.15, 0.2) is 15.5 Å². The molecule has 1 aromatic heterocycles. The van der Waals surface area contributed by atoms with E-state index in [0.29, 0.717) is 35.5 Å². The van der Waals surface area contributed by atoms with Gasteiger partial charge in [-0.3, -0.25) is 19.3 Å². The lowest BCUT2D eigenvalue weighted by Crippen LogP contribution is -2.42. The number of imide groups is 1. The number of hydrogen-bond acceptors (Lipinski definition) is 8. The van der Waals surface area contributed by atoms with E-state index in [2.05, 4.69) is 4.98 Å². The number of amides is 2. The molecule has 11 heteroatoms. The molecular weight excluding hydrogens is 532 g/mol. The van der Waals surface area contributed by atoms with E-state index in [9.17, 15) is 19.5 Å². The van der Waals surface area contributed by atoms with Gasteiger partial charge >= 0.3 is 5.97 Å². The van der Waals surface area contributed by atoms with Crippen LogP contribution in [-0.2, 0) is 14.4 Å². The largest absolute Gasteiger partial charge is 0.504 e. The first-order valence-corrected chi connectivity index (χ1v) is 14.7. The average Bonchev–Trinajstić information content (AvgIpc) is 3.58. The number of likely N-dealkylation sites (tertiary alicyclic amines) is 1. The highest BCUT2D eigenvalue weighted by molar-refractivity contribution is 8.00. The second kappa shape index (κ2) is 9.43. The number of benzene rings is 1. The highest BCUT2D eigenvalue weighted by atomic mass is 32.2. The standard InChI is InChI=1S/C26H28N2O6S3/c1-34-15-7-6-11(9-14(15)29)17-18-12-10-13(21(18)36-23-22(17)37-26(35)27-23)20-19(12)24(32)28(25(20)33)8-4-2-3-5-16(30)31/h6-7,9,12-13,17-21,29H,2-5,8,10H2,1H3,(H,27,35)(H,30,31). The van der Waals surface area contributed by atoms with Crippen LogP contribution in [0.5, 0.6) is 11.5 Å². The monoisotopic (exact) mass is 560 g/mol. The Kier molecular flexibility index (Phi) is 6.35. The highest BCUT2D eigenvalue weighted by Gasteiger charge is 2.69. The van der Waals surface area contributed by atoms with E-state index in [1.165, 1.54) is 12.0 Å². The van der Waals surface area contributed by atoms with Gasteiger partial charge in [0, 0.05) is 29.0 Å². The molecular formula is C26H28N2O6S3. The lowest BCUT2D eigenvalue weighted by Gasteiger charge is -2.43. The number of carbonyl (C=O) groups excluding carboxylic acids is 2. The fourth-order valence-corrected chi connectivity index (χ4v) is 10.6. The van der Waals surface area contributed by atoms with Crippen molar-refractivity contribution in [1.29, 1.82) is 0 Å². The van der Waals surface area contributed by atoms with Gasteiger partial charge in [0.25, 0.3) is 0 Å². The topological polar surface area (TPSA) is 120 Å². The number of carbonyl (C=O) groups is 3. The molecule has 3 fully saturated rings. The third-order valence-corrected chi connectivity index (χ3v) is 11.6. The SMILES string of the molecule is COc1ccc(C2c3sc(=S)[nH]c3SC3C4CC(C5C(=O)N(CCCCCC(=O)O)C(=O)C45)C23)cc1O. The quantitative estimate of drug-likeness (QED) is 0.243. The van der Waals surface area contributed by atoms with Crippen LogP contribution in [0.2, 0.25) is 0 Å². The molecule has 2 aliphatic carbocycles. The molecule has 0 radical (unpaired) electrons. The Labute approximate surface area is 227 Å². The molecule has 3 N–H and O–H groups in total. The van der Waals surface area contributed by atoms with E-state index in [4.69, 9.17) is 22.1 Å². The van der Waals surface area contributed by atoms with Crippen molar-refractivity contribution in [1.82, 2.24) is 9.88 Å². The van der Waals surface area contributed by atoms with E-state index >= 15 is 0 Å². The number of rotatable bonds is 8. The third kappa shape index (κ3) is 3.92. The summed E-state index contributed by atoms with van der Waals surface area (Å²) in [5, 5.41) is 20.6. The second-order valence-corrected chi connectivity index (χ2v) is 13.3. The smallest absolute Gasteiger partial charge is 0.303 e. The number of phenolic OH excluding ortho intramolecular Hbond substituents is 1. The summed E-state index contributed by atoms with van der Waals surface area (Å²) < 4.78 is 5.96. The van der Waals surface area contributed by atoms with Crippen molar-refractivity contribution in [3.63, 3.8) is 0 Å². The number of aromatic amines is 1. The Bertz CT molecular complexity index is 1340. The third-order valence-electron chi connectivity index (χ3n) is 8.65. The minimum atomic E-state index is -0.826. The normalized spacial score (nSPS) is 31.4. The van der Waals surface area contributed by atoms with Crippen molar-refractivity contribution in [3.8, 4) is 11.5 Å². The van der Waals surface area contributed by atoms with Crippen LogP contribution in [-0.4, -0.2) is 56.8 Å². The van der Waals surface area contributed by atoms with Crippen LogP contribution >= 0.6 is 35.3 Å². The number of unbranched alkanes of at least 4 members (excludes halogenated alkanes) is 2. The molecule has 37 heavy (non-hydrogen) atoms. The van der Waals surface area contributed by atoms with Gasteiger partial charge in [-0.25, -0.2) is 0 Å². The zero-order chi connectivity index (χ0) is 26.0. The first-order valence-electron chi connectivity index (χ1n) is 12.6. The van der Waals surface area contributed by atoms with Crippen LogP contribution in [0.15, 0.2) is 23.2 Å². The van der Waals surface area contributed by atoms with Crippen LogP contribution in [0, 0.1) is 33.5 Å². The molecule has 196 valence electrons. The zero-order valence-corrected chi connectivity index (χ0v) is 22.7. The number of thioether (sulfide) groups is 1. The van der Waals surface area contributed by atoms with Crippen LogP contribution in [0.3, 0.4) is 0 Å². The van der Waals surface area contributed by atoms with Gasteiger partial charge in [-0.15, -0.1) is 23.1 Å². The number of hydrogen-bond donors (Lipinski definition) is 3. The van der Waals surface area contributed by atoms with Crippen molar-refractivity contribution in [2.45, 2.75) is 48.3 Å². The maximum absolute atomic E-state index is 13.6. The van der Waals surface area contributed by atoms with Crippen molar-refractivity contribution in [2.24, 2.45) is 29.6 Å². The van der Waals surface area contributed by atoms with Gasteiger partial charge in [0.2, 0.25) is 11.8 Å². The van der Waals surface area contributed by atoms with Gasteiger partial charge < -0.3 is 19.9 Å². The molecule has 2 aliphatic heterocycles. The molecule has 3 heterocycles. The fourth-order valence-electron chi connectivity index (χ4n) is 7.30. The van der Waals surface area contributed by atoms with Crippen molar-refractivity contribution in [3.05, 3.63) is 32.6 Å². The summed E-state index contributed by atoms with van der Waals surface area (Å²) in [6, 6.07) is 5.52. The van der Waals surface area contributed by atoms with Crippen molar-refractivity contribution < 1.29 is 29.3 Å². The molecule has 8 nitrogen and oxygen atoms in total. The summed E-state index contributed by atoms with van der Waals surface area (Å²) in [6.45, 7) is 0.364. The number of carboxylic acids is 1. The number of ether oxygens (including phenoxy) is 1. The number of phenols is 1. The molecule has 2 saturated carbocycles. The van der Waals surface area contributed by atoms with Gasteiger partial charge in [-0.1, -0.05) is 12.5 Å². The van der Waals surface area contributed by atoms with E-state index in [-0.39, 0.29) is 64.7 Å². The molecule has 2 aromatic rings. The molecule has 1 aromatic carbocycles. The first-order chi connectivity index (χ1) is 17.8. The molecule has 7 unspecified atom stereocenters. The number of thiazole rings is 1. The Morgan fingerprint density at radius 2 is 1.95 bits per heavy atom. The van der Waals surface area contributed by atoms with Gasteiger partial charge in [0.1, 0.15) is 0 Å². The van der Waals surface area contributed by atoms with E-state index < -0.39 is 5.97 Å². The summed E-state index contributed by atoms with van der Waals surface area (Å²) in [5.41, 5.74) is 0.969. The number of aromatic nitrogens is 1. The average molecular weight is 561 g/mol. The molecule has 7 atom stereocenters. The highest BCUT2D eigenvalue weighted by Crippen LogP contribution is 2.68. The minimum Gasteiger partial charge on any atom is -0.504 e. The zero-order valence-electron chi connectivity index (χ0n) is 20.2. The summed E-state index contributed by atoms with van der Waals surface area (Å²) in [4.78, 5) is 43.8. The molecule has 4 aliphatic rings. The lowest BCUT2D eigenvalue weighted by atomic mass is 9.68. The Hall–Kier alpha value is -2.37. The Morgan fingerprint density at radius 3 is 2.65 bits per heavy atom. The van der Waals surface area contributed by atoms with Crippen molar-refractivity contribution in [2.75, 3.05) is 13.7 Å². The van der Waals surface area contributed by atoms with Gasteiger partial charge in [-0.05, 0) is 66.9 Å². The van der Waals surface area contributed by atoms with E-state index in [1.54, 1.807) is 35.2 Å². The number of carboxylic acid groups (broad SMARTS) is 1. The number of nitrogens with zero attached hydrogens (tertiary/aromatic N) is 1. The van der Waals surface area contributed by atoms with E-state index in [0.717, 1.165) is 21.9 Å². The van der Waals surface area contributed by atoms with Crippen LogP contribution in [0.25, 0.3) is 0 Å². The molecule has 6 rings (SSSR count). The Balaban J connectivity index is 1.30. The predicted molar refractivity (Wildman–Crippen MR) is 141 cm³/mol. The molecule has 0 spiro atoms. The van der Waals surface area contributed by atoms with Crippen molar-refractivity contribution >= 4 is 53.1 Å². The number of H-pyrrole nitrogens is 1. The molecule has 2 amide bonds. The number of methoxy groups -OCH3 is 1. The summed E-state index contributed by atoms with van der Waals surface area (Å²) in [7, 11) is 1.52. The summed E-state index contributed by atoms with van der Waals surface area (Å²) in [6.07, 6.45) is 2.81.